The molecule has 2 N–H and O–H groups in total. The molecule has 0 aromatic heterocycles. The summed E-state index contributed by atoms with van der Waals surface area (Å²) in [5.41, 5.74) is 2.79. The SMILES string of the molecule is Cc1ccc(N(CC(=O)NC2CCCCC2)C(=O)C[S@@](=O)CC(=O)Nc2ccc(F)cc2)c(C)c1. The number of amides is 3. The molecule has 1 aliphatic carbocycles. The van der Waals surface area contributed by atoms with Crippen LogP contribution in [0.3, 0.4) is 0 Å². The van der Waals surface area contributed by atoms with Crippen LogP contribution in [0.5, 0.6) is 0 Å². The first kappa shape index (κ1) is 26.5. The van der Waals surface area contributed by atoms with Gasteiger partial charge in [0.2, 0.25) is 17.7 Å². The summed E-state index contributed by atoms with van der Waals surface area (Å²) in [6.45, 7) is 3.61. The minimum Gasteiger partial charge on any atom is -0.352 e. The van der Waals surface area contributed by atoms with Gasteiger partial charge in [-0.05, 0) is 62.6 Å². The average Bonchev–Trinajstić information content (AvgIpc) is 2.80. The molecule has 0 aliphatic heterocycles. The highest BCUT2D eigenvalue weighted by Gasteiger charge is 2.25. The third-order valence-corrected chi connectivity index (χ3v) is 7.07. The highest BCUT2D eigenvalue weighted by molar-refractivity contribution is 7.86. The lowest BCUT2D eigenvalue weighted by atomic mass is 9.95. The molecule has 1 saturated carbocycles. The van der Waals surface area contributed by atoms with Gasteiger partial charge in [-0.2, -0.15) is 0 Å². The van der Waals surface area contributed by atoms with E-state index in [1.807, 2.05) is 26.0 Å². The van der Waals surface area contributed by atoms with E-state index in [9.17, 15) is 23.0 Å². The fourth-order valence-corrected chi connectivity index (χ4v) is 5.12. The largest absolute Gasteiger partial charge is 0.352 e. The van der Waals surface area contributed by atoms with Crippen LogP contribution in [0.25, 0.3) is 0 Å². The van der Waals surface area contributed by atoms with Crippen LogP contribution in [0.15, 0.2) is 42.5 Å². The van der Waals surface area contributed by atoms with Crippen LogP contribution in [-0.2, 0) is 25.2 Å². The van der Waals surface area contributed by atoms with Crippen LogP contribution in [-0.4, -0.2) is 46.0 Å². The van der Waals surface area contributed by atoms with E-state index in [0.717, 1.165) is 36.8 Å². The van der Waals surface area contributed by atoms with Crippen LogP contribution in [0.1, 0.15) is 43.2 Å². The maximum absolute atomic E-state index is 13.2. The molecule has 188 valence electrons. The fraction of sp³-hybridized carbons (Fsp3) is 0.423. The standard InChI is InChI=1S/C26H32FN3O4S/c1-18-8-13-23(19(2)14-18)30(15-24(31)28-21-6-4-3-5-7-21)26(33)17-35(34)16-25(32)29-22-11-9-20(27)10-12-22/h8-14,21H,3-7,15-17H2,1-2H3,(H,28,31)(H,29,32)/t35-/m0/s1. The first-order valence-electron chi connectivity index (χ1n) is 11.8. The van der Waals surface area contributed by atoms with Crippen molar-refractivity contribution < 1.29 is 23.0 Å². The Hall–Kier alpha value is -3.07. The highest BCUT2D eigenvalue weighted by Crippen LogP contribution is 2.22. The molecular formula is C26H32FN3O4S. The smallest absolute Gasteiger partial charge is 0.240 e. The molecule has 0 spiro atoms. The van der Waals surface area contributed by atoms with E-state index in [1.54, 1.807) is 6.07 Å². The Balaban J connectivity index is 1.65. The summed E-state index contributed by atoms with van der Waals surface area (Å²) < 4.78 is 25.7. The van der Waals surface area contributed by atoms with E-state index in [4.69, 9.17) is 0 Å². The molecule has 0 heterocycles. The molecule has 35 heavy (non-hydrogen) atoms. The highest BCUT2D eigenvalue weighted by atomic mass is 32.2. The lowest BCUT2D eigenvalue weighted by molar-refractivity contribution is -0.123. The third kappa shape index (κ3) is 8.28. The Labute approximate surface area is 207 Å². The number of anilines is 2. The number of halogens is 1. The van der Waals surface area contributed by atoms with Crippen molar-refractivity contribution in [2.24, 2.45) is 0 Å². The molecule has 0 radical (unpaired) electrons. The minimum atomic E-state index is -1.79. The molecule has 1 fully saturated rings. The Bertz CT molecular complexity index is 1080. The fourth-order valence-electron chi connectivity index (χ4n) is 4.22. The molecule has 1 atom stereocenters. The number of nitrogens with one attached hydrogen (secondary N) is 2. The number of carbonyl (C=O) groups excluding carboxylic acids is 3. The second-order valence-corrected chi connectivity index (χ2v) is 10.4. The van der Waals surface area contributed by atoms with Gasteiger partial charge in [0.05, 0.1) is 0 Å². The molecule has 7 nitrogen and oxygen atoms in total. The molecule has 3 amide bonds. The summed E-state index contributed by atoms with van der Waals surface area (Å²) in [7, 11) is -1.79. The van der Waals surface area contributed by atoms with Gasteiger partial charge in [0, 0.05) is 28.2 Å². The Morgan fingerprint density at radius 2 is 1.66 bits per heavy atom. The Kier molecular flexibility index (Phi) is 9.54. The number of rotatable bonds is 9. The maximum atomic E-state index is 13.2. The van der Waals surface area contributed by atoms with Crippen molar-refractivity contribution in [3.05, 3.63) is 59.4 Å². The molecule has 2 aromatic carbocycles. The lowest BCUT2D eigenvalue weighted by Gasteiger charge is -2.27. The number of hydrogen-bond acceptors (Lipinski definition) is 4. The lowest BCUT2D eigenvalue weighted by Crippen LogP contribution is -2.46. The first-order chi connectivity index (χ1) is 16.7. The van der Waals surface area contributed by atoms with Gasteiger partial charge in [-0.1, -0.05) is 37.0 Å². The Morgan fingerprint density at radius 3 is 2.31 bits per heavy atom. The normalized spacial score (nSPS) is 14.7. The topological polar surface area (TPSA) is 95.6 Å². The molecular weight excluding hydrogens is 469 g/mol. The molecule has 9 heteroatoms. The van der Waals surface area contributed by atoms with E-state index in [2.05, 4.69) is 10.6 Å². The third-order valence-electron chi connectivity index (χ3n) is 5.92. The van der Waals surface area contributed by atoms with Crippen molar-refractivity contribution >= 4 is 39.9 Å². The van der Waals surface area contributed by atoms with Gasteiger partial charge in [0.15, 0.2) is 0 Å². The molecule has 0 unspecified atom stereocenters. The van der Waals surface area contributed by atoms with Crippen molar-refractivity contribution in [1.29, 1.82) is 0 Å². The van der Waals surface area contributed by atoms with Crippen molar-refractivity contribution in [2.45, 2.75) is 52.0 Å². The summed E-state index contributed by atoms with van der Waals surface area (Å²) in [6.07, 6.45) is 5.17. The summed E-state index contributed by atoms with van der Waals surface area (Å²) in [5.74, 6) is -2.53. The zero-order valence-corrected chi connectivity index (χ0v) is 21.0. The second-order valence-electron chi connectivity index (χ2n) is 8.96. The summed E-state index contributed by atoms with van der Waals surface area (Å²) >= 11 is 0. The van der Waals surface area contributed by atoms with Crippen molar-refractivity contribution in [3.63, 3.8) is 0 Å². The van der Waals surface area contributed by atoms with Crippen molar-refractivity contribution in [1.82, 2.24) is 5.32 Å². The van der Waals surface area contributed by atoms with Crippen LogP contribution in [0.4, 0.5) is 15.8 Å². The van der Waals surface area contributed by atoms with Gasteiger partial charge < -0.3 is 15.5 Å². The van der Waals surface area contributed by atoms with Crippen LogP contribution >= 0.6 is 0 Å². The van der Waals surface area contributed by atoms with E-state index in [-0.39, 0.29) is 18.5 Å². The Morgan fingerprint density at radius 1 is 0.971 bits per heavy atom. The van der Waals surface area contributed by atoms with Gasteiger partial charge in [-0.15, -0.1) is 0 Å². The number of carbonyl (C=O) groups is 3. The summed E-state index contributed by atoms with van der Waals surface area (Å²) in [6, 6.07) is 10.9. The second kappa shape index (κ2) is 12.6. The van der Waals surface area contributed by atoms with E-state index < -0.39 is 39.9 Å². The minimum absolute atomic E-state index is 0.108. The predicted molar refractivity (Wildman–Crippen MR) is 136 cm³/mol. The molecule has 3 rings (SSSR count). The van der Waals surface area contributed by atoms with E-state index in [1.165, 1.54) is 35.6 Å². The number of nitrogens with zero attached hydrogens (tertiary/aromatic N) is 1. The van der Waals surface area contributed by atoms with Crippen LogP contribution in [0, 0.1) is 19.7 Å². The van der Waals surface area contributed by atoms with Crippen LogP contribution in [0.2, 0.25) is 0 Å². The quantitative estimate of drug-likeness (QED) is 0.549. The number of benzene rings is 2. The molecule has 1 aliphatic rings. The van der Waals surface area contributed by atoms with Gasteiger partial charge in [0.1, 0.15) is 23.9 Å². The van der Waals surface area contributed by atoms with E-state index >= 15 is 0 Å². The zero-order valence-electron chi connectivity index (χ0n) is 20.1. The van der Waals surface area contributed by atoms with Gasteiger partial charge in [-0.3, -0.25) is 18.6 Å². The van der Waals surface area contributed by atoms with Crippen molar-refractivity contribution in [2.75, 3.05) is 28.3 Å². The van der Waals surface area contributed by atoms with Gasteiger partial charge in [-0.25, -0.2) is 4.39 Å². The first-order valence-corrected chi connectivity index (χ1v) is 13.3. The van der Waals surface area contributed by atoms with Gasteiger partial charge >= 0.3 is 0 Å². The average molecular weight is 502 g/mol. The predicted octanol–water partition coefficient (Wildman–Crippen LogP) is 3.61. The van der Waals surface area contributed by atoms with Crippen LogP contribution < -0.4 is 15.5 Å². The molecule has 0 bridgehead atoms. The van der Waals surface area contributed by atoms with Crippen molar-refractivity contribution in [3.8, 4) is 0 Å². The summed E-state index contributed by atoms with van der Waals surface area (Å²) in [5, 5.41) is 5.56. The number of hydrogen-bond donors (Lipinski definition) is 2. The summed E-state index contributed by atoms with van der Waals surface area (Å²) in [4.78, 5) is 39.6. The van der Waals surface area contributed by atoms with E-state index in [0.29, 0.717) is 11.4 Å². The molecule has 0 saturated heterocycles. The molecule has 2 aromatic rings. The van der Waals surface area contributed by atoms with Gasteiger partial charge in [0.25, 0.3) is 0 Å². The number of aryl methyl sites for hydroxylation is 2. The zero-order chi connectivity index (χ0) is 25.4. The monoisotopic (exact) mass is 501 g/mol. The maximum Gasteiger partial charge on any atom is 0.240 e.